The quantitative estimate of drug-likeness (QED) is 0.794. The average Bonchev–Trinajstić information content (AvgIpc) is 2.44. The van der Waals surface area contributed by atoms with Gasteiger partial charge in [-0.1, -0.05) is 20.8 Å². The van der Waals surface area contributed by atoms with Gasteiger partial charge in [-0.25, -0.2) is 4.68 Å². The van der Waals surface area contributed by atoms with Gasteiger partial charge in [0, 0.05) is 6.54 Å². The van der Waals surface area contributed by atoms with Gasteiger partial charge in [-0.3, -0.25) is 0 Å². The van der Waals surface area contributed by atoms with Crippen molar-refractivity contribution in [1.82, 2.24) is 9.78 Å². The second kappa shape index (κ2) is 4.14. The van der Waals surface area contributed by atoms with Crippen molar-refractivity contribution in [3.8, 4) is 6.07 Å². The molecule has 0 bridgehead atoms. The molecule has 0 atom stereocenters. The molecule has 0 saturated carbocycles. The zero-order valence-electron chi connectivity index (χ0n) is 8.91. The lowest BCUT2D eigenvalue weighted by molar-refractivity contribution is 0.595. The van der Waals surface area contributed by atoms with E-state index in [4.69, 9.17) is 11.0 Å². The first-order valence-electron chi connectivity index (χ1n) is 4.88. The minimum absolute atomic E-state index is 0.241. The standard InChI is InChI=1S/C10H16N4/c1-4-5-14-10(12)8(6-11)9(13-14)7(2)3/h7H,4-5,12H2,1-3H3. The molecule has 0 saturated heterocycles. The van der Waals surface area contributed by atoms with Gasteiger partial charge in [0.05, 0.1) is 5.69 Å². The van der Waals surface area contributed by atoms with Crippen LogP contribution in [0.25, 0.3) is 0 Å². The summed E-state index contributed by atoms with van der Waals surface area (Å²) in [6.07, 6.45) is 0.967. The summed E-state index contributed by atoms with van der Waals surface area (Å²) in [5.41, 5.74) is 7.16. The summed E-state index contributed by atoms with van der Waals surface area (Å²) in [7, 11) is 0. The summed E-state index contributed by atoms with van der Waals surface area (Å²) in [4.78, 5) is 0. The molecule has 76 valence electrons. The van der Waals surface area contributed by atoms with Crippen LogP contribution in [0, 0.1) is 11.3 Å². The van der Waals surface area contributed by atoms with Crippen molar-refractivity contribution >= 4 is 5.82 Å². The molecule has 0 aliphatic heterocycles. The Morgan fingerprint density at radius 3 is 2.57 bits per heavy atom. The van der Waals surface area contributed by atoms with Gasteiger partial charge in [0.1, 0.15) is 17.5 Å². The molecule has 14 heavy (non-hydrogen) atoms. The van der Waals surface area contributed by atoms with E-state index in [9.17, 15) is 0 Å². The highest BCUT2D eigenvalue weighted by molar-refractivity contribution is 5.52. The van der Waals surface area contributed by atoms with E-state index in [2.05, 4.69) is 18.1 Å². The molecule has 0 aliphatic rings. The van der Waals surface area contributed by atoms with Crippen LogP contribution in [0.3, 0.4) is 0 Å². The van der Waals surface area contributed by atoms with Crippen molar-refractivity contribution < 1.29 is 0 Å². The highest BCUT2D eigenvalue weighted by Gasteiger charge is 2.16. The van der Waals surface area contributed by atoms with Crippen LogP contribution in [-0.2, 0) is 6.54 Å². The number of anilines is 1. The molecule has 4 heteroatoms. The molecule has 1 aromatic rings. The third-order valence-corrected chi connectivity index (χ3v) is 2.11. The highest BCUT2D eigenvalue weighted by atomic mass is 15.3. The van der Waals surface area contributed by atoms with Gasteiger partial charge in [0.25, 0.3) is 0 Å². The van der Waals surface area contributed by atoms with E-state index in [1.54, 1.807) is 4.68 Å². The third kappa shape index (κ3) is 1.72. The largest absolute Gasteiger partial charge is 0.383 e. The number of nitrogens with zero attached hydrogens (tertiary/aromatic N) is 3. The minimum atomic E-state index is 0.241. The summed E-state index contributed by atoms with van der Waals surface area (Å²) in [6.45, 7) is 6.85. The second-order valence-electron chi connectivity index (χ2n) is 3.64. The third-order valence-electron chi connectivity index (χ3n) is 2.11. The number of nitriles is 1. The van der Waals surface area contributed by atoms with Crippen LogP contribution < -0.4 is 5.73 Å². The van der Waals surface area contributed by atoms with Crippen molar-refractivity contribution in [3.05, 3.63) is 11.3 Å². The summed E-state index contributed by atoms with van der Waals surface area (Å²) < 4.78 is 1.72. The molecule has 0 amide bonds. The topological polar surface area (TPSA) is 67.6 Å². The maximum absolute atomic E-state index is 8.95. The SMILES string of the molecule is CCCn1nc(C(C)C)c(C#N)c1N. The molecule has 4 nitrogen and oxygen atoms in total. The summed E-state index contributed by atoms with van der Waals surface area (Å²) >= 11 is 0. The zero-order valence-corrected chi connectivity index (χ0v) is 8.91. The Morgan fingerprint density at radius 1 is 1.57 bits per heavy atom. The summed E-state index contributed by atoms with van der Waals surface area (Å²) in [5.74, 6) is 0.739. The molecule has 0 radical (unpaired) electrons. The van der Waals surface area contributed by atoms with E-state index >= 15 is 0 Å². The molecule has 1 heterocycles. The van der Waals surface area contributed by atoms with Crippen LogP contribution in [0.5, 0.6) is 0 Å². The van der Waals surface area contributed by atoms with Gasteiger partial charge < -0.3 is 5.73 Å². The van der Waals surface area contributed by atoms with Crippen LogP contribution in [0.1, 0.15) is 44.4 Å². The Hall–Kier alpha value is -1.50. The fourth-order valence-corrected chi connectivity index (χ4v) is 1.40. The van der Waals surface area contributed by atoms with E-state index in [-0.39, 0.29) is 5.92 Å². The van der Waals surface area contributed by atoms with Crippen molar-refractivity contribution in [2.45, 2.75) is 39.7 Å². The van der Waals surface area contributed by atoms with E-state index in [1.807, 2.05) is 13.8 Å². The number of aromatic nitrogens is 2. The van der Waals surface area contributed by atoms with Gasteiger partial charge in [-0.15, -0.1) is 0 Å². The Labute approximate surface area is 84.3 Å². The maximum atomic E-state index is 8.95. The molecule has 2 N–H and O–H groups in total. The first-order chi connectivity index (χ1) is 6.61. The first-order valence-corrected chi connectivity index (χ1v) is 4.88. The highest BCUT2D eigenvalue weighted by Crippen LogP contribution is 2.22. The van der Waals surface area contributed by atoms with Crippen molar-refractivity contribution in [2.75, 3.05) is 5.73 Å². The summed E-state index contributed by atoms with van der Waals surface area (Å²) in [6, 6.07) is 2.12. The van der Waals surface area contributed by atoms with Crippen molar-refractivity contribution in [3.63, 3.8) is 0 Å². The van der Waals surface area contributed by atoms with E-state index in [1.165, 1.54) is 0 Å². The Bertz CT molecular complexity index is 357. The number of aryl methyl sites for hydroxylation is 1. The van der Waals surface area contributed by atoms with Gasteiger partial charge in [-0.2, -0.15) is 10.4 Å². The van der Waals surface area contributed by atoms with Gasteiger partial charge in [0.2, 0.25) is 0 Å². The monoisotopic (exact) mass is 192 g/mol. The minimum Gasteiger partial charge on any atom is -0.383 e. The summed E-state index contributed by atoms with van der Waals surface area (Å²) in [5, 5.41) is 13.3. The Kier molecular flexibility index (Phi) is 3.13. The number of hydrogen-bond acceptors (Lipinski definition) is 3. The molecule has 0 unspecified atom stereocenters. The van der Waals surface area contributed by atoms with Crippen LogP contribution in [0.15, 0.2) is 0 Å². The maximum Gasteiger partial charge on any atom is 0.140 e. The van der Waals surface area contributed by atoms with E-state index in [0.717, 1.165) is 18.7 Å². The van der Waals surface area contributed by atoms with Crippen LogP contribution >= 0.6 is 0 Å². The molecule has 1 aromatic heterocycles. The molecular formula is C10H16N4. The number of hydrogen-bond donors (Lipinski definition) is 1. The molecule has 1 rings (SSSR count). The van der Waals surface area contributed by atoms with Crippen LogP contribution in [-0.4, -0.2) is 9.78 Å². The molecule has 0 aliphatic carbocycles. The molecular weight excluding hydrogens is 176 g/mol. The Morgan fingerprint density at radius 2 is 2.21 bits per heavy atom. The lowest BCUT2D eigenvalue weighted by atomic mass is 10.1. The van der Waals surface area contributed by atoms with Crippen LogP contribution in [0.4, 0.5) is 5.82 Å². The molecule has 0 fully saturated rings. The smallest absolute Gasteiger partial charge is 0.140 e. The number of nitrogen functional groups attached to an aromatic ring is 1. The molecule has 0 aromatic carbocycles. The predicted octanol–water partition coefficient (Wildman–Crippen LogP) is 1.87. The van der Waals surface area contributed by atoms with E-state index < -0.39 is 0 Å². The van der Waals surface area contributed by atoms with Gasteiger partial charge in [0.15, 0.2) is 0 Å². The fourth-order valence-electron chi connectivity index (χ4n) is 1.40. The van der Waals surface area contributed by atoms with E-state index in [0.29, 0.717) is 11.4 Å². The average molecular weight is 192 g/mol. The lowest BCUT2D eigenvalue weighted by Crippen LogP contribution is -2.04. The second-order valence-corrected chi connectivity index (χ2v) is 3.64. The molecule has 0 spiro atoms. The zero-order chi connectivity index (χ0) is 10.7. The van der Waals surface area contributed by atoms with Gasteiger partial charge >= 0.3 is 0 Å². The fraction of sp³-hybridized carbons (Fsp3) is 0.600. The van der Waals surface area contributed by atoms with Crippen LogP contribution in [0.2, 0.25) is 0 Å². The number of nitrogens with two attached hydrogens (primary N) is 1. The predicted molar refractivity (Wildman–Crippen MR) is 55.7 cm³/mol. The first kappa shape index (κ1) is 10.6. The Balaban J connectivity index is 3.19. The lowest BCUT2D eigenvalue weighted by Gasteiger charge is -1.99. The number of rotatable bonds is 3. The van der Waals surface area contributed by atoms with Gasteiger partial charge in [-0.05, 0) is 12.3 Å². The van der Waals surface area contributed by atoms with Crippen molar-refractivity contribution in [1.29, 1.82) is 5.26 Å². The normalized spacial score (nSPS) is 10.5. The van der Waals surface area contributed by atoms with Crippen molar-refractivity contribution in [2.24, 2.45) is 0 Å².